The van der Waals surface area contributed by atoms with Crippen LogP contribution in [0.3, 0.4) is 0 Å². The Hall–Kier alpha value is -2.20. The zero-order chi connectivity index (χ0) is 16.4. The van der Waals surface area contributed by atoms with E-state index in [0.717, 1.165) is 23.4 Å². The van der Waals surface area contributed by atoms with Gasteiger partial charge in [0.05, 0.1) is 22.9 Å². The summed E-state index contributed by atoms with van der Waals surface area (Å²) in [7, 11) is 0. The van der Waals surface area contributed by atoms with Gasteiger partial charge in [-0.05, 0) is 43.2 Å². The van der Waals surface area contributed by atoms with Crippen LogP contribution in [-0.2, 0) is 0 Å². The van der Waals surface area contributed by atoms with Crippen molar-refractivity contribution < 1.29 is 9.53 Å². The number of nitrogens with one attached hydrogen (secondary N) is 1. The summed E-state index contributed by atoms with van der Waals surface area (Å²) >= 11 is 6.13. The summed E-state index contributed by atoms with van der Waals surface area (Å²) < 4.78 is 5.94. The number of amides is 2. The molecule has 0 aromatic heterocycles. The third-order valence-electron chi connectivity index (χ3n) is 3.90. The van der Waals surface area contributed by atoms with Crippen LogP contribution in [-0.4, -0.2) is 18.7 Å². The molecule has 3 rings (SSSR count). The summed E-state index contributed by atoms with van der Waals surface area (Å²) in [4.78, 5) is 14.5. The number of nitrogens with zero attached hydrogens (tertiary/aromatic N) is 1. The molecule has 23 heavy (non-hydrogen) atoms. The van der Waals surface area contributed by atoms with Gasteiger partial charge in [-0.1, -0.05) is 36.7 Å². The Morgan fingerprint density at radius 1 is 1.35 bits per heavy atom. The van der Waals surface area contributed by atoms with E-state index >= 15 is 0 Å². The van der Waals surface area contributed by atoms with Crippen LogP contribution in [0, 0.1) is 6.92 Å². The normalized spacial score (nSPS) is 16.5. The molecular formula is C18H19ClN2O2. The number of halogens is 1. The van der Waals surface area contributed by atoms with Crippen molar-refractivity contribution in [3.05, 3.63) is 53.1 Å². The zero-order valence-electron chi connectivity index (χ0n) is 13.2. The second-order valence-electron chi connectivity index (χ2n) is 5.64. The van der Waals surface area contributed by atoms with Gasteiger partial charge in [0, 0.05) is 0 Å². The largest absolute Gasteiger partial charge is 0.486 e. The molecule has 1 atom stereocenters. The molecule has 0 bridgehead atoms. The number of hydrogen-bond acceptors (Lipinski definition) is 2. The molecule has 4 nitrogen and oxygen atoms in total. The van der Waals surface area contributed by atoms with Crippen molar-refractivity contribution in [2.45, 2.75) is 26.4 Å². The predicted octanol–water partition coefficient (Wildman–Crippen LogP) is 4.86. The highest BCUT2D eigenvalue weighted by Crippen LogP contribution is 2.35. The van der Waals surface area contributed by atoms with Crippen LogP contribution in [0.5, 0.6) is 5.75 Å². The lowest BCUT2D eigenvalue weighted by Crippen LogP contribution is -2.45. The number of aryl methyl sites for hydroxylation is 1. The quantitative estimate of drug-likeness (QED) is 0.854. The van der Waals surface area contributed by atoms with Crippen molar-refractivity contribution in [3.63, 3.8) is 0 Å². The molecular weight excluding hydrogens is 312 g/mol. The number of fused-ring (bicyclic) bond motifs is 1. The van der Waals surface area contributed by atoms with Crippen LogP contribution in [0.1, 0.15) is 18.9 Å². The fourth-order valence-electron chi connectivity index (χ4n) is 2.61. The van der Waals surface area contributed by atoms with Gasteiger partial charge in [-0.15, -0.1) is 0 Å². The Labute approximate surface area is 141 Å². The van der Waals surface area contributed by atoms with Crippen molar-refractivity contribution in [1.82, 2.24) is 0 Å². The first-order chi connectivity index (χ1) is 11.1. The Balaban J connectivity index is 1.90. The number of rotatable bonds is 2. The Kier molecular flexibility index (Phi) is 4.44. The van der Waals surface area contributed by atoms with Gasteiger partial charge >= 0.3 is 6.03 Å². The predicted molar refractivity (Wildman–Crippen MR) is 93.7 cm³/mol. The van der Waals surface area contributed by atoms with Gasteiger partial charge < -0.3 is 10.1 Å². The Bertz CT molecular complexity index is 733. The molecule has 0 aliphatic carbocycles. The van der Waals surface area contributed by atoms with Crippen molar-refractivity contribution >= 4 is 29.0 Å². The highest BCUT2D eigenvalue weighted by atomic mass is 35.5. The fourth-order valence-corrected chi connectivity index (χ4v) is 2.79. The SMILES string of the molecule is CC[C@@H]1CN(C(=O)Nc2ccccc2Cl)c2cc(C)ccc2O1. The number of ether oxygens (including phenoxy) is 1. The van der Waals surface area contributed by atoms with E-state index in [1.165, 1.54) is 0 Å². The molecule has 1 N–H and O–H groups in total. The zero-order valence-corrected chi connectivity index (χ0v) is 13.9. The highest BCUT2D eigenvalue weighted by molar-refractivity contribution is 6.33. The van der Waals surface area contributed by atoms with Crippen molar-refractivity contribution in [1.29, 1.82) is 0 Å². The first-order valence-electron chi connectivity index (χ1n) is 7.69. The number of hydrogen-bond donors (Lipinski definition) is 1. The van der Waals surface area contributed by atoms with Crippen LogP contribution in [0.15, 0.2) is 42.5 Å². The lowest BCUT2D eigenvalue weighted by molar-refractivity contribution is 0.188. The summed E-state index contributed by atoms with van der Waals surface area (Å²) in [6, 6.07) is 12.9. The van der Waals surface area contributed by atoms with E-state index < -0.39 is 0 Å². The maximum absolute atomic E-state index is 12.8. The van der Waals surface area contributed by atoms with Crippen LogP contribution in [0.4, 0.5) is 16.2 Å². The van der Waals surface area contributed by atoms with Gasteiger partial charge in [0.15, 0.2) is 0 Å². The van der Waals surface area contributed by atoms with Crippen LogP contribution in [0.2, 0.25) is 5.02 Å². The summed E-state index contributed by atoms with van der Waals surface area (Å²) in [5, 5.41) is 3.40. The van der Waals surface area contributed by atoms with Crippen molar-refractivity contribution in [3.8, 4) is 5.75 Å². The van der Waals surface area contributed by atoms with E-state index in [0.29, 0.717) is 17.3 Å². The number of para-hydroxylation sites is 1. The number of anilines is 2. The third-order valence-corrected chi connectivity index (χ3v) is 4.23. The molecule has 0 saturated heterocycles. The fraction of sp³-hybridized carbons (Fsp3) is 0.278. The van der Waals surface area contributed by atoms with Crippen molar-refractivity contribution in [2.24, 2.45) is 0 Å². The van der Waals surface area contributed by atoms with E-state index in [-0.39, 0.29) is 12.1 Å². The lowest BCUT2D eigenvalue weighted by atomic mass is 10.1. The van der Waals surface area contributed by atoms with Crippen LogP contribution >= 0.6 is 11.6 Å². The first kappa shape index (κ1) is 15.7. The molecule has 1 aliphatic rings. The van der Waals surface area contributed by atoms with Crippen LogP contribution in [0.25, 0.3) is 0 Å². The summed E-state index contributed by atoms with van der Waals surface area (Å²) in [6.45, 7) is 4.56. The van der Waals surface area contributed by atoms with Crippen LogP contribution < -0.4 is 15.0 Å². The Morgan fingerprint density at radius 2 is 2.13 bits per heavy atom. The van der Waals surface area contributed by atoms with E-state index in [2.05, 4.69) is 5.32 Å². The molecule has 0 unspecified atom stereocenters. The number of carbonyl (C=O) groups is 1. The number of carbonyl (C=O) groups excluding carboxylic acids is 1. The summed E-state index contributed by atoms with van der Waals surface area (Å²) in [5.74, 6) is 0.739. The molecule has 0 radical (unpaired) electrons. The van der Waals surface area contributed by atoms with Gasteiger partial charge in [0.1, 0.15) is 11.9 Å². The van der Waals surface area contributed by atoms with E-state index in [1.54, 1.807) is 17.0 Å². The second kappa shape index (κ2) is 6.50. The minimum absolute atomic E-state index is 0.0119. The van der Waals surface area contributed by atoms with Gasteiger partial charge in [-0.2, -0.15) is 0 Å². The van der Waals surface area contributed by atoms with Gasteiger partial charge in [0.2, 0.25) is 0 Å². The number of urea groups is 1. The molecule has 5 heteroatoms. The average Bonchev–Trinajstić information content (AvgIpc) is 2.56. The molecule has 1 aliphatic heterocycles. The van der Waals surface area contributed by atoms with Gasteiger partial charge in [0.25, 0.3) is 0 Å². The maximum Gasteiger partial charge on any atom is 0.326 e. The Morgan fingerprint density at radius 3 is 2.87 bits per heavy atom. The molecule has 2 aromatic rings. The summed E-state index contributed by atoms with van der Waals surface area (Å²) in [5.41, 5.74) is 2.48. The average molecular weight is 331 g/mol. The molecule has 120 valence electrons. The molecule has 0 spiro atoms. The van der Waals surface area contributed by atoms with Crippen molar-refractivity contribution in [2.75, 3.05) is 16.8 Å². The molecule has 1 heterocycles. The standard InChI is InChI=1S/C18H19ClN2O2/c1-3-13-11-21(16-10-12(2)8-9-17(16)23-13)18(22)20-15-7-5-4-6-14(15)19/h4-10,13H,3,11H2,1-2H3,(H,20,22)/t13-/m1/s1. The minimum Gasteiger partial charge on any atom is -0.486 e. The lowest BCUT2D eigenvalue weighted by Gasteiger charge is -2.34. The molecule has 2 aromatic carbocycles. The van der Waals surface area contributed by atoms with E-state index in [9.17, 15) is 4.79 Å². The topological polar surface area (TPSA) is 41.6 Å². The first-order valence-corrected chi connectivity index (χ1v) is 8.06. The molecule has 2 amide bonds. The maximum atomic E-state index is 12.8. The smallest absolute Gasteiger partial charge is 0.326 e. The minimum atomic E-state index is -0.202. The van der Waals surface area contributed by atoms with Gasteiger partial charge in [-0.3, -0.25) is 4.90 Å². The second-order valence-corrected chi connectivity index (χ2v) is 6.05. The molecule has 0 saturated carbocycles. The molecule has 0 fully saturated rings. The number of benzene rings is 2. The monoisotopic (exact) mass is 330 g/mol. The summed E-state index contributed by atoms with van der Waals surface area (Å²) in [6.07, 6.45) is 0.825. The van der Waals surface area contributed by atoms with E-state index in [1.807, 2.05) is 44.2 Å². The third kappa shape index (κ3) is 3.27. The highest BCUT2D eigenvalue weighted by Gasteiger charge is 2.29. The van der Waals surface area contributed by atoms with Gasteiger partial charge in [-0.25, -0.2) is 4.79 Å². The van der Waals surface area contributed by atoms with E-state index in [4.69, 9.17) is 16.3 Å².